The average Bonchev–Trinajstić information content (AvgIpc) is 2.87. The van der Waals surface area contributed by atoms with Gasteiger partial charge >= 0.3 is 5.97 Å². The van der Waals surface area contributed by atoms with E-state index in [1.165, 1.54) is 0 Å². The van der Waals surface area contributed by atoms with E-state index in [0.717, 1.165) is 12.5 Å². The van der Waals surface area contributed by atoms with E-state index < -0.39 is 58.6 Å². The zero-order chi connectivity index (χ0) is 31.1. The largest absolute Gasteiger partial charge is 0.457 e. The van der Waals surface area contributed by atoms with Gasteiger partial charge in [0, 0.05) is 6.54 Å². The van der Waals surface area contributed by atoms with Crippen molar-refractivity contribution in [2.75, 3.05) is 14.1 Å². The predicted octanol–water partition coefficient (Wildman–Crippen LogP) is 3.09. The van der Waals surface area contributed by atoms with Gasteiger partial charge in [-0.3, -0.25) is 19.3 Å². The van der Waals surface area contributed by atoms with Crippen molar-refractivity contribution in [3.63, 3.8) is 0 Å². The molecule has 0 aliphatic heterocycles. The number of aliphatic hydroxyl groups is 2. The Kier molecular flexibility index (Phi) is 12.8. The Morgan fingerprint density at radius 2 is 1.48 bits per heavy atom. The van der Waals surface area contributed by atoms with Gasteiger partial charge in [0.15, 0.2) is 17.2 Å². The van der Waals surface area contributed by atoms with Crippen molar-refractivity contribution in [1.82, 2.24) is 10.2 Å². The second-order valence-corrected chi connectivity index (χ2v) is 12.2. The molecule has 1 aromatic rings. The highest BCUT2D eigenvalue weighted by Gasteiger charge is 2.59. The summed E-state index contributed by atoms with van der Waals surface area (Å²) in [7, 11) is 3.29. The number of carbonyl (C=O) groups is 4. The van der Waals surface area contributed by atoms with Crippen LogP contribution in [0.1, 0.15) is 80.2 Å². The maximum atomic E-state index is 14.0. The van der Waals surface area contributed by atoms with Crippen LogP contribution in [0.5, 0.6) is 0 Å². The Hall–Kier alpha value is -2.46. The molecule has 3 N–H and O–H groups in total. The summed E-state index contributed by atoms with van der Waals surface area (Å²) in [6, 6.07) is 7.74. The number of hydrogen-bond acceptors (Lipinski definition) is 9. The smallest absolute Gasteiger partial charge is 0.347 e. The number of carbonyl (C=O) groups excluding carboxylic acids is 4. The molecule has 1 aromatic carbocycles. The van der Waals surface area contributed by atoms with Crippen LogP contribution in [0.3, 0.4) is 0 Å². The summed E-state index contributed by atoms with van der Waals surface area (Å²) >= 11 is 0. The van der Waals surface area contributed by atoms with Gasteiger partial charge in [-0.1, -0.05) is 70.9 Å². The molecule has 0 amide bonds. The maximum absolute atomic E-state index is 14.0. The molecular formula is C31H50N2O7. The third-order valence-electron chi connectivity index (χ3n) is 7.54. The first-order valence-corrected chi connectivity index (χ1v) is 14.1. The molecule has 0 aliphatic rings. The Bertz CT molecular complexity index is 1020. The zero-order valence-electron chi connectivity index (χ0n) is 25.9. The lowest BCUT2D eigenvalue weighted by atomic mass is 9.75. The quantitative estimate of drug-likeness (QED) is 0.205. The predicted molar refractivity (Wildman–Crippen MR) is 155 cm³/mol. The second kappa shape index (κ2) is 14.4. The summed E-state index contributed by atoms with van der Waals surface area (Å²) < 4.78 is 5.34. The highest BCUT2D eigenvalue weighted by atomic mass is 16.6. The molecule has 0 aliphatic carbocycles. The first kappa shape index (κ1) is 35.6. The van der Waals surface area contributed by atoms with E-state index in [1.807, 2.05) is 58.0 Å². The topological polar surface area (TPSA) is 133 Å². The third-order valence-corrected chi connectivity index (χ3v) is 7.54. The highest BCUT2D eigenvalue weighted by Crippen LogP contribution is 2.30. The van der Waals surface area contributed by atoms with Crippen LogP contribution in [-0.4, -0.2) is 81.4 Å². The molecule has 0 saturated carbocycles. The van der Waals surface area contributed by atoms with Gasteiger partial charge in [-0.05, 0) is 59.2 Å². The molecule has 226 valence electrons. The Labute approximate surface area is 239 Å². The molecule has 0 heterocycles. The van der Waals surface area contributed by atoms with Crippen LogP contribution < -0.4 is 5.32 Å². The molecule has 0 bridgehead atoms. The Morgan fingerprint density at radius 1 is 0.950 bits per heavy atom. The number of hydrogen-bond donors (Lipinski definition) is 3. The number of nitrogens with one attached hydrogen (secondary N) is 1. The van der Waals surface area contributed by atoms with E-state index in [-0.39, 0.29) is 11.8 Å². The fourth-order valence-electron chi connectivity index (χ4n) is 4.86. The number of ketones is 3. The summed E-state index contributed by atoms with van der Waals surface area (Å²) in [4.78, 5) is 56.2. The number of esters is 1. The molecule has 6 atom stereocenters. The average molecular weight is 563 g/mol. The van der Waals surface area contributed by atoms with Crippen molar-refractivity contribution < 1.29 is 34.1 Å². The molecule has 9 nitrogen and oxygen atoms in total. The van der Waals surface area contributed by atoms with Gasteiger partial charge in [-0.25, -0.2) is 4.79 Å². The van der Waals surface area contributed by atoms with E-state index in [0.29, 0.717) is 19.4 Å². The fourth-order valence-corrected chi connectivity index (χ4v) is 4.86. The molecular weight excluding hydrogens is 512 g/mol. The van der Waals surface area contributed by atoms with Crippen LogP contribution in [0.4, 0.5) is 0 Å². The molecule has 0 saturated heterocycles. The molecule has 0 spiro atoms. The molecule has 1 rings (SSSR count). The minimum absolute atomic E-state index is 0.168. The van der Waals surface area contributed by atoms with Crippen molar-refractivity contribution in [2.45, 2.75) is 110 Å². The van der Waals surface area contributed by atoms with Crippen LogP contribution in [-0.2, 0) is 30.5 Å². The van der Waals surface area contributed by atoms with Gasteiger partial charge in [0.2, 0.25) is 11.4 Å². The summed E-state index contributed by atoms with van der Waals surface area (Å²) in [5.41, 5.74) is -6.06. The van der Waals surface area contributed by atoms with Gasteiger partial charge < -0.3 is 20.3 Å². The maximum Gasteiger partial charge on any atom is 0.347 e. The number of benzene rings is 1. The second-order valence-electron chi connectivity index (χ2n) is 12.2. The van der Waals surface area contributed by atoms with E-state index in [2.05, 4.69) is 5.32 Å². The zero-order valence-corrected chi connectivity index (χ0v) is 25.9. The molecule has 0 radical (unpaired) electrons. The van der Waals surface area contributed by atoms with Gasteiger partial charge in [-0.2, -0.15) is 0 Å². The van der Waals surface area contributed by atoms with E-state index in [9.17, 15) is 29.4 Å². The van der Waals surface area contributed by atoms with E-state index in [1.54, 1.807) is 39.8 Å². The first-order valence-electron chi connectivity index (χ1n) is 14.1. The number of ether oxygens (including phenoxy) is 1. The van der Waals surface area contributed by atoms with E-state index in [4.69, 9.17) is 4.74 Å². The molecule has 40 heavy (non-hydrogen) atoms. The monoisotopic (exact) mass is 562 g/mol. The summed E-state index contributed by atoms with van der Waals surface area (Å²) in [5, 5.41) is 26.0. The highest BCUT2D eigenvalue weighted by molar-refractivity contribution is 6.22. The molecule has 0 fully saturated rings. The van der Waals surface area contributed by atoms with E-state index >= 15 is 0 Å². The molecule has 0 aromatic heterocycles. The third kappa shape index (κ3) is 8.77. The minimum atomic E-state index is -3.08. The number of rotatable bonds is 16. The fraction of sp³-hybridized carbons (Fsp3) is 0.677. The van der Waals surface area contributed by atoms with Gasteiger partial charge in [0.05, 0.1) is 18.5 Å². The van der Waals surface area contributed by atoms with Crippen molar-refractivity contribution in [3.8, 4) is 0 Å². The lowest BCUT2D eigenvalue weighted by molar-refractivity contribution is -0.189. The normalized spacial score (nSPS) is 18.1. The minimum Gasteiger partial charge on any atom is -0.457 e. The van der Waals surface area contributed by atoms with Gasteiger partial charge in [0.25, 0.3) is 0 Å². The number of likely N-dealkylation sites (N-methyl/N-ethyl adjacent to an activating group) is 2. The van der Waals surface area contributed by atoms with Crippen LogP contribution >= 0.6 is 0 Å². The number of Topliss-reactive ketones (excluding diaryl/α,β-unsaturated/α-hetero) is 3. The standard InChI is InChI=1S/C31H50N2O7/c1-11-20(3)24(32-9)23(34)18-31(39,28(37)40-29(5,6)7)27(36)30(8,38)26(35)25(21(4)12-2)33(10)19-22-16-14-13-15-17-22/h13-17,20-21,24-25,32,38-39H,11-12,18-19H2,1-10H3/t20?,21?,24-,25-,30?,31?/m0/s1. The summed E-state index contributed by atoms with van der Waals surface area (Å²) in [6.07, 6.45) is 0.234. The van der Waals surface area contributed by atoms with Gasteiger partial charge in [-0.15, -0.1) is 0 Å². The lowest BCUT2D eigenvalue weighted by Crippen LogP contribution is -2.65. The van der Waals surface area contributed by atoms with Crippen molar-refractivity contribution in [3.05, 3.63) is 35.9 Å². The van der Waals surface area contributed by atoms with Crippen LogP contribution in [0.2, 0.25) is 0 Å². The Balaban J connectivity index is 3.54. The van der Waals surface area contributed by atoms with Crippen molar-refractivity contribution >= 4 is 23.3 Å². The Morgan fingerprint density at radius 3 is 1.93 bits per heavy atom. The van der Waals surface area contributed by atoms with Crippen LogP contribution in [0, 0.1) is 11.8 Å². The first-order chi connectivity index (χ1) is 18.4. The van der Waals surface area contributed by atoms with Gasteiger partial charge in [0.1, 0.15) is 5.60 Å². The van der Waals surface area contributed by atoms with Crippen LogP contribution in [0.15, 0.2) is 30.3 Å². The van der Waals surface area contributed by atoms with Crippen molar-refractivity contribution in [1.29, 1.82) is 0 Å². The summed E-state index contributed by atoms with van der Waals surface area (Å²) in [5.74, 6) is -4.79. The molecule has 9 heteroatoms. The van der Waals surface area contributed by atoms with Crippen molar-refractivity contribution in [2.24, 2.45) is 11.8 Å². The SMILES string of the molecule is CCC(C)[C@H](NC)C(=O)CC(O)(C(=O)OC(C)(C)C)C(=O)C(C)(O)C(=O)[C@H](C(C)CC)N(C)Cc1ccccc1. The summed E-state index contributed by atoms with van der Waals surface area (Å²) in [6.45, 7) is 13.4. The molecule has 4 unspecified atom stereocenters. The van der Waals surface area contributed by atoms with Crippen LogP contribution in [0.25, 0.3) is 0 Å². The number of nitrogens with zero attached hydrogens (tertiary/aromatic N) is 1. The lowest BCUT2D eigenvalue weighted by Gasteiger charge is -2.38.